The minimum Gasteiger partial charge on any atom is -0.473 e. The van der Waals surface area contributed by atoms with Crippen molar-refractivity contribution < 1.29 is 4.74 Å². The molecule has 0 amide bonds. The van der Waals surface area contributed by atoms with Gasteiger partial charge in [0.2, 0.25) is 5.88 Å². The van der Waals surface area contributed by atoms with Crippen molar-refractivity contribution in [1.82, 2.24) is 24.8 Å². The summed E-state index contributed by atoms with van der Waals surface area (Å²) in [6.45, 7) is 4.40. The second-order valence-corrected chi connectivity index (χ2v) is 7.08. The molecule has 0 unspecified atom stereocenters. The van der Waals surface area contributed by atoms with Gasteiger partial charge in [0, 0.05) is 24.2 Å². The molecule has 0 aliphatic heterocycles. The lowest BCUT2D eigenvalue weighted by Crippen LogP contribution is -2.23. The third kappa shape index (κ3) is 3.87. The van der Waals surface area contributed by atoms with E-state index in [1.807, 2.05) is 48.5 Å². The van der Waals surface area contributed by atoms with Crippen molar-refractivity contribution in [2.75, 3.05) is 0 Å². The molecular formula is C23H23N5O2. The zero-order valence-electron chi connectivity index (χ0n) is 17.2. The highest BCUT2D eigenvalue weighted by atomic mass is 16.5. The molecule has 0 spiro atoms. The first-order chi connectivity index (χ1) is 14.6. The lowest BCUT2D eigenvalue weighted by atomic mass is 10.0. The number of aromatic nitrogens is 5. The van der Waals surface area contributed by atoms with Gasteiger partial charge in [-0.3, -0.25) is 0 Å². The fourth-order valence-corrected chi connectivity index (χ4v) is 3.31. The van der Waals surface area contributed by atoms with Crippen molar-refractivity contribution in [1.29, 1.82) is 0 Å². The van der Waals surface area contributed by atoms with E-state index < -0.39 is 0 Å². The van der Waals surface area contributed by atoms with Crippen LogP contribution in [0.2, 0.25) is 0 Å². The Bertz CT molecular complexity index is 1230. The molecule has 0 aliphatic carbocycles. The van der Waals surface area contributed by atoms with E-state index in [0.717, 1.165) is 28.8 Å². The summed E-state index contributed by atoms with van der Waals surface area (Å²) in [5.41, 5.74) is 5.43. The van der Waals surface area contributed by atoms with E-state index in [9.17, 15) is 4.79 Å². The van der Waals surface area contributed by atoms with Crippen molar-refractivity contribution in [2.45, 2.75) is 26.9 Å². The van der Waals surface area contributed by atoms with E-state index in [-0.39, 0.29) is 12.3 Å². The van der Waals surface area contributed by atoms with Gasteiger partial charge in [0.25, 0.3) is 0 Å². The summed E-state index contributed by atoms with van der Waals surface area (Å²) >= 11 is 0. The number of rotatable bonds is 6. The molecule has 7 heteroatoms. The number of aryl methyl sites for hydroxylation is 3. The summed E-state index contributed by atoms with van der Waals surface area (Å²) in [5.74, 6) is 0.524. The third-order valence-corrected chi connectivity index (χ3v) is 5.01. The Morgan fingerprint density at radius 2 is 1.73 bits per heavy atom. The summed E-state index contributed by atoms with van der Waals surface area (Å²) in [4.78, 5) is 17.0. The molecule has 0 N–H and O–H groups in total. The van der Waals surface area contributed by atoms with Crippen LogP contribution < -0.4 is 10.4 Å². The molecule has 0 fully saturated rings. The van der Waals surface area contributed by atoms with Gasteiger partial charge in [-0.1, -0.05) is 55.0 Å². The lowest BCUT2D eigenvalue weighted by Gasteiger charge is -2.14. The molecule has 0 radical (unpaired) electrons. The van der Waals surface area contributed by atoms with Crippen LogP contribution in [0.15, 0.2) is 65.5 Å². The predicted molar refractivity (Wildman–Crippen MR) is 115 cm³/mol. The molecule has 4 rings (SSSR count). The largest absolute Gasteiger partial charge is 0.473 e. The molecule has 7 nitrogen and oxygen atoms in total. The topological polar surface area (TPSA) is 74.8 Å². The van der Waals surface area contributed by atoms with Crippen molar-refractivity contribution in [2.24, 2.45) is 7.05 Å². The number of hydrogen-bond acceptors (Lipinski definition) is 5. The molecule has 0 saturated carbocycles. The van der Waals surface area contributed by atoms with Crippen molar-refractivity contribution in [3.05, 3.63) is 87.8 Å². The maximum atomic E-state index is 12.4. The summed E-state index contributed by atoms with van der Waals surface area (Å²) in [6.07, 6.45) is 0.804. The van der Waals surface area contributed by atoms with Crippen LogP contribution in [0.5, 0.6) is 5.88 Å². The van der Waals surface area contributed by atoms with Crippen LogP contribution in [0.3, 0.4) is 0 Å². The molecular weight excluding hydrogens is 378 g/mol. The third-order valence-electron chi connectivity index (χ3n) is 5.01. The maximum Gasteiger partial charge on any atom is 0.368 e. The van der Waals surface area contributed by atoms with E-state index in [2.05, 4.69) is 41.4 Å². The van der Waals surface area contributed by atoms with Crippen molar-refractivity contribution in [3.8, 4) is 22.8 Å². The SMILES string of the molecule is CCc1cccc(-n2nnn(C)c2=O)c1COc1cccc(-c2ccc(C)cc2)n1. The molecule has 30 heavy (non-hydrogen) atoms. The second kappa shape index (κ2) is 8.32. The highest BCUT2D eigenvalue weighted by molar-refractivity contribution is 5.59. The van der Waals surface area contributed by atoms with Crippen LogP contribution in [0.25, 0.3) is 16.9 Å². The summed E-state index contributed by atoms with van der Waals surface area (Å²) in [5, 5.41) is 7.81. The standard InChI is InChI=1S/C23H23N5O2/c1-4-17-7-5-9-21(28-23(29)27(3)25-26-28)19(17)15-30-22-10-6-8-20(24-22)18-13-11-16(2)12-14-18/h5-14H,4,15H2,1-3H3. The molecule has 2 aromatic carbocycles. The Morgan fingerprint density at radius 3 is 2.43 bits per heavy atom. The first kappa shape index (κ1) is 19.6. The monoisotopic (exact) mass is 401 g/mol. The number of nitrogens with zero attached hydrogens (tertiary/aromatic N) is 5. The van der Waals surface area contributed by atoms with Gasteiger partial charge < -0.3 is 4.74 Å². The number of tetrazole rings is 1. The summed E-state index contributed by atoms with van der Waals surface area (Å²) in [6, 6.07) is 19.7. The maximum absolute atomic E-state index is 12.4. The molecule has 0 aliphatic rings. The van der Waals surface area contributed by atoms with Crippen LogP contribution in [0, 0.1) is 6.92 Å². The van der Waals surface area contributed by atoms with Crippen LogP contribution in [0.1, 0.15) is 23.6 Å². The molecule has 2 heterocycles. The smallest absolute Gasteiger partial charge is 0.368 e. The predicted octanol–water partition coefficient (Wildman–Crippen LogP) is 3.48. The van der Waals surface area contributed by atoms with Crippen LogP contribution in [-0.2, 0) is 20.1 Å². The second-order valence-electron chi connectivity index (χ2n) is 7.08. The summed E-state index contributed by atoms with van der Waals surface area (Å²) < 4.78 is 8.55. The molecule has 152 valence electrons. The van der Waals surface area contributed by atoms with E-state index in [4.69, 9.17) is 4.74 Å². The summed E-state index contributed by atoms with van der Waals surface area (Å²) in [7, 11) is 1.58. The number of benzene rings is 2. The first-order valence-corrected chi connectivity index (χ1v) is 9.84. The Kier molecular flexibility index (Phi) is 5.43. The zero-order chi connectivity index (χ0) is 21.1. The highest BCUT2D eigenvalue weighted by Gasteiger charge is 2.15. The normalized spacial score (nSPS) is 10.9. The number of pyridine rings is 1. The average molecular weight is 401 g/mol. The van der Waals surface area contributed by atoms with Gasteiger partial charge in [0.05, 0.1) is 11.4 Å². The minimum absolute atomic E-state index is 0.271. The van der Waals surface area contributed by atoms with Crippen molar-refractivity contribution in [3.63, 3.8) is 0 Å². The van der Waals surface area contributed by atoms with E-state index >= 15 is 0 Å². The first-order valence-electron chi connectivity index (χ1n) is 9.84. The van der Waals surface area contributed by atoms with Gasteiger partial charge in [-0.25, -0.2) is 9.78 Å². The van der Waals surface area contributed by atoms with E-state index in [0.29, 0.717) is 11.6 Å². The molecule has 2 aromatic heterocycles. The molecule has 0 saturated heterocycles. The van der Waals surface area contributed by atoms with Crippen molar-refractivity contribution >= 4 is 0 Å². The number of hydrogen-bond donors (Lipinski definition) is 0. The quantitative estimate of drug-likeness (QED) is 0.494. The minimum atomic E-state index is -0.302. The fraction of sp³-hybridized carbons (Fsp3) is 0.217. The highest BCUT2D eigenvalue weighted by Crippen LogP contribution is 2.23. The Labute approximate surface area is 174 Å². The molecule has 4 aromatic rings. The van der Waals surface area contributed by atoms with Gasteiger partial charge >= 0.3 is 5.69 Å². The van der Waals surface area contributed by atoms with Gasteiger partial charge in [-0.05, 0) is 41.5 Å². The van der Waals surface area contributed by atoms with Crippen LogP contribution in [-0.4, -0.2) is 24.8 Å². The molecule has 0 atom stereocenters. The van der Waals surface area contributed by atoms with E-state index in [1.165, 1.54) is 14.9 Å². The Morgan fingerprint density at radius 1 is 0.967 bits per heavy atom. The van der Waals surface area contributed by atoms with Gasteiger partial charge in [0.15, 0.2) is 0 Å². The van der Waals surface area contributed by atoms with E-state index in [1.54, 1.807) is 7.05 Å². The van der Waals surface area contributed by atoms with Gasteiger partial charge in [0.1, 0.15) is 6.61 Å². The molecule has 0 bridgehead atoms. The van der Waals surface area contributed by atoms with Crippen LogP contribution >= 0.6 is 0 Å². The van der Waals surface area contributed by atoms with Gasteiger partial charge in [-0.2, -0.15) is 9.36 Å². The number of ether oxygens (including phenoxy) is 1. The Balaban J connectivity index is 1.64. The van der Waals surface area contributed by atoms with Crippen LogP contribution in [0.4, 0.5) is 0 Å². The zero-order valence-corrected chi connectivity index (χ0v) is 17.2. The average Bonchev–Trinajstić information content (AvgIpc) is 3.11. The lowest BCUT2D eigenvalue weighted by molar-refractivity contribution is 0.292. The Hall–Kier alpha value is -3.74. The van der Waals surface area contributed by atoms with Gasteiger partial charge in [-0.15, -0.1) is 0 Å². The fourth-order valence-electron chi connectivity index (χ4n) is 3.31.